The van der Waals surface area contributed by atoms with Crippen molar-refractivity contribution < 1.29 is 14.2 Å². The van der Waals surface area contributed by atoms with Crippen LogP contribution in [0.15, 0.2) is 66.6 Å². The first kappa shape index (κ1) is 16.9. The third kappa shape index (κ3) is 3.82. The molecule has 4 rings (SSSR count). The van der Waals surface area contributed by atoms with Crippen LogP contribution in [0, 0.1) is 0 Å². The van der Waals surface area contributed by atoms with Crippen LogP contribution >= 0.6 is 11.6 Å². The summed E-state index contributed by atoms with van der Waals surface area (Å²) in [7, 11) is 0. The number of rotatable bonds is 5. The lowest BCUT2D eigenvalue weighted by atomic mass is 10.2. The quantitative estimate of drug-likeness (QED) is 0.625. The predicted molar refractivity (Wildman–Crippen MR) is 102 cm³/mol. The number of hydrogen-bond donors (Lipinski definition) is 0. The molecule has 1 aromatic heterocycles. The summed E-state index contributed by atoms with van der Waals surface area (Å²) >= 11 is 6.52. The number of ether oxygens (including phenoxy) is 3. The van der Waals surface area contributed by atoms with Gasteiger partial charge in [-0.25, -0.2) is 0 Å². The second-order valence-corrected chi connectivity index (χ2v) is 6.37. The number of aromatic nitrogens is 1. The van der Waals surface area contributed by atoms with E-state index in [2.05, 4.69) is 4.98 Å². The van der Waals surface area contributed by atoms with Gasteiger partial charge in [-0.1, -0.05) is 41.9 Å². The van der Waals surface area contributed by atoms with Crippen LogP contribution < -0.4 is 9.47 Å². The van der Waals surface area contributed by atoms with Crippen molar-refractivity contribution >= 4 is 22.5 Å². The second kappa shape index (κ2) is 7.77. The van der Waals surface area contributed by atoms with Crippen molar-refractivity contribution in [3.63, 3.8) is 0 Å². The maximum absolute atomic E-state index is 6.52. The summed E-state index contributed by atoms with van der Waals surface area (Å²) in [5, 5.41) is 1.39. The van der Waals surface area contributed by atoms with Crippen LogP contribution in [0.5, 0.6) is 11.5 Å². The van der Waals surface area contributed by atoms with Gasteiger partial charge in [-0.3, -0.25) is 4.98 Å². The normalized spacial score (nSPS) is 14.1. The monoisotopic (exact) mass is 367 g/mol. The fourth-order valence-corrected chi connectivity index (χ4v) is 3.01. The smallest absolute Gasteiger partial charge is 0.164 e. The molecule has 0 radical (unpaired) electrons. The Bertz CT molecular complexity index is 941. The van der Waals surface area contributed by atoms with Crippen molar-refractivity contribution in [1.29, 1.82) is 0 Å². The molecule has 5 heteroatoms. The fraction of sp³-hybridized carbons (Fsp3) is 0.190. The summed E-state index contributed by atoms with van der Waals surface area (Å²) in [6, 6.07) is 15.7. The standard InChI is InChI=1S/C21H18ClNO3/c22-21-18-7-6-17(25-14-15-4-2-1-3-5-15)12-19(18)23-13-20(21)26-16-8-10-24-11-9-16/h1-8,12-13H,9-11,14H2. The minimum Gasteiger partial charge on any atom is -0.489 e. The van der Waals surface area contributed by atoms with E-state index in [1.165, 1.54) is 0 Å². The molecule has 0 unspecified atom stereocenters. The third-order valence-corrected chi connectivity index (χ3v) is 4.54. The molecule has 0 saturated carbocycles. The molecule has 3 aromatic rings. The van der Waals surface area contributed by atoms with Crippen LogP contribution in [0.25, 0.3) is 10.9 Å². The summed E-state index contributed by atoms with van der Waals surface area (Å²) in [5.41, 5.74) is 1.89. The van der Waals surface area contributed by atoms with E-state index in [9.17, 15) is 0 Å². The minimum absolute atomic E-state index is 0.511. The first-order valence-corrected chi connectivity index (χ1v) is 8.87. The second-order valence-electron chi connectivity index (χ2n) is 5.99. The van der Waals surface area contributed by atoms with Gasteiger partial charge < -0.3 is 14.2 Å². The number of fused-ring (bicyclic) bond motifs is 1. The topological polar surface area (TPSA) is 40.6 Å². The van der Waals surface area contributed by atoms with Gasteiger partial charge >= 0.3 is 0 Å². The van der Waals surface area contributed by atoms with E-state index >= 15 is 0 Å². The highest BCUT2D eigenvalue weighted by atomic mass is 35.5. The van der Waals surface area contributed by atoms with Crippen LogP contribution in [-0.2, 0) is 11.3 Å². The van der Waals surface area contributed by atoms with Crippen LogP contribution in [0.2, 0.25) is 5.02 Å². The van der Waals surface area contributed by atoms with Gasteiger partial charge in [-0.2, -0.15) is 0 Å². The molecule has 26 heavy (non-hydrogen) atoms. The van der Waals surface area contributed by atoms with Crippen molar-refractivity contribution in [3.05, 3.63) is 77.1 Å². The van der Waals surface area contributed by atoms with Crippen molar-refractivity contribution in [2.45, 2.75) is 13.0 Å². The molecule has 0 fully saturated rings. The maximum atomic E-state index is 6.52. The molecule has 2 aromatic carbocycles. The number of benzene rings is 2. The average Bonchev–Trinajstić information content (AvgIpc) is 2.70. The fourth-order valence-electron chi connectivity index (χ4n) is 2.77. The zero-order valence-corrected chi connectivity index (χ0v) is 14.9. The van der Waals surface area contributed by atoms with E-state index in [4.69, 9.17) is 25.8 Å². The van der Waals surface area contributed by atoms with Gasteiger partial charge in [-0.05, 0) is 23.8 Å². The van der Waals surface area contributed by atoms with Gasteiger partial charge in [0.2, 0.25) is 0 Å². The first-order chi connectivity index (χ1) is 12.8. The largest absolute Gasteiger partial charge is 0.489 e. The summed E-state index contributed by atoms with van der Waals surface area (Å²) in [6.45, 7) is 1.74. The Balaban J connectivity index is 1.53. The molecule has 0 spiro atoms. The molecular weight excluding hydrogens is 350 g/mol. The van der Waals surface area contributed by atoms with E-state index in [0.29, 0.717) is 30.6 Å². The van der Waals surface area contributed by atoms with Crippen LogP contribution in [0.1, 0.15) is 12.0 Å². The Labute approximate surface area is 157 Å². The lowest BCUT2D eigenvalue weighted by molar-refractivity contribution is 0.139. The number of pyridine rings is 1. The zero-order valence-electron chi connectivity index (χ0n) is 14.2. The SMILES string of the molecule is Clc1c(OC2=CCOCC2)cnc2cc(OCc3ccccc3)ccc12. The Morgan fingerprint density at radius 2 is 2.00 bits per heavy atom. The lowest BCUT2D eigenvalue weighted by Gasteiger charge is -2.16. The van der Waals surface area contributed by atoms with E-state index < -0.39 is 0 Å². The summed E-state index contributed by atoms with van der Waals surface area (Å²) < 4.78 is 17.0. The highest BCUT2D eigenvalue weighted by Gasteiger charge is 2.12. The van der Waals surface area contributed by atoms with Crippen LogP contribution in [-0.4, -0.2) is 18.2 Å². The van der Waals surface area contributed by atoms with Gasteiger partial charge in [0.1, 0.15) is 18.1 Å². The van der Waals surface area contributed by atoms with Crippen molar-refractivity contribution in [3.8, 4) is 11.5 Å². The lowest BCUT2D eigenvalue weighted by Crippen LogP contribution is -2.09. The molecule has 0 aliphatic carbocycles. The molecule has 0 amide bonds. The van der Waals surface area contributed by atoms with Gasteiger partial charge in [0.05, 0.1) is 29.9 Å². The summed E-state index contributed by atoms with van der Waals surface area (Å²) in [5.74, 6) is 2.18. The number of hydrogen-bond acceptors (Lipinski definition) is 4. The van der Waals surface area contributed by atoms with E-state index in [1.54, 1.807) is 6.20 Å². The Morgan fingerprint density at radius 1 is 1.12 bits per heavy atom. The van der Waals surface area contributed by atoms with Crippen LogP contribution in [0.3, 0.4) is 0 Å². The molecule has 1 aliphatic heterocycles. The molecular formula is C21H18ClNO3. The average molecular weight is 368 g/mol. The number of halogens is 1. The van der Waals surface area contributed by atoms with E-state index in [-0.39, 0.29) is 0 Å². The number of nitrogens with zero attached hydrogens (tertiary/aromatic N) is 1. The summed E-state index contributed by atoms with van der Waals surface area (Å²) in [4.78, 5) is 4.48. The van der Waals surface area contributed by atoms with Gasteiger partial charge in [-0.15, -0.1) is 0 Å². The van der Waals surface area contributed by atoms with Gasteiger partial charge in [0.25, 0.3) is 0 Å². The molecule has 4 nitrogen and oxygen atoms in total. The minimum atomic E-state index is 0.511. The zero-order chi connectivity index (χ0) is 17.8. The Kier molecular flexibility index (Phi) is 5.04. The van der Waals surface area contributed by atoms with Gasteiger partial charge in [0, 0.05) is 17.9 Å². The van der Waals surface area contributed by atoms with E-state index in [0.717, 1.165) is 34.4 Å². The molecule has 0 N–H and O–H groups in total. The van der Waals surface area contributed by atoms with E-state index in [1.807, 2.05) is 54.6 Å². The van der Waals surface area contributed by atoms with Crippen molar-refractivity contribution in [2.24, 2.45) is 0 Å². The molecule has 1 aliphatic rings. The first-order valence-electron chi connectivity index (χ1n) is 8.49. The third-order valence-electron chi connectivity index (χ3n) is 4.15. The molecule has 2 heterocycles. The molecule has 0 atom stereocenters. The molecule has 0 bridgehead atoms. The molecule has 132 valence electrons. The van der Waals surface area contributed by atoms with Crippen molar-refractivity contribution in [2.75, 3.05) is 13.2 Å². The van der Waals surface area contributed by atoms with Crippen LogP contribution in [0.4, 0.5) is 0 Å². The summed E-state index contributed by atoms with van der Waals surface area (Å²) in [6.07, 6.45) is 4.31. The highest BCUT2D eigenvalue weighted by molar-refractivity contribution is 6.36. The van der Waals surface area contributed by atoms with Gasteiger partial charge in [0.15, 0.2) is 5.75 Å². The van der Waals surface area contributed by atoms with Crippen molar-refractivity contribution in [1.82, 2.24) is 4.98 Å². The Morgan fingerprint density at radius 3 is 2.81 bits per heavy atom. The highest BCUT2D eigenvalue weighted by Crippen LogP contribution is 2.34. The molecule has 0 saturated heterocycles. The Hall–Kier alpha value is -2.56. The predicted octanol–water partition coefficient (Wildman–Crippen LogP) is 5.15. The maximum Gasteiger partial charge on any atom is 0.164 e.